The zero-order valence-corrected chi connectivity index (χ0v) is 17.8. The van der Waals surface area contributed by atoms with Gasteiger partial charge in [0.2, 0.25) is 10.0 Å². The molecule has 0 atom stereocenters. The van der Waals surface area contributed by atoms with Crippen LogP contribution >= 0.6 is 0 Å². The number of benzene rings is 2. The van der Waals surface area contributed by atoms with Crippen LogP contribution in [-0.2, 0) is 20.9 Å². The van der Waals surface area contributed by atoms with E-state index in [4.69, 9.17) is 4.74 Å². The lowest BCUT2D eigenvalue weighted by Crippen LogP contribution is -2.40. The molecule has 1 heterocycles. The molecule has 0 aliphatic carbocycles. The van der Waals surface area contributed by atoms with Gasteiger partial charge >= 0.3 is 6.18 Å². The van der Waals surface area contributed by atoms with Crippen molar-refractivity contribution in [1.29, 1.82) is 0 Å². The molecule has 1 aliphatic heterocycles. The molecule has 1 aliphatic rings. The van der Waals surface area contributed by atoms with E-state index in [-0.39, 0.29) is 49.0 Å². The van der Waals surface area contributed by atoms with Crippen LogP contribution in [0.25, 0.3) is 0 Å². The van der Waals surface area contributed by atoms with Gasteiger partial charge in [-0.3, -0.25) is 20.2 Å². The molecule has 178 valence electrons. The third-order valence-corrected chi connectivity index (χ3v) is 6.90. The zero-order valence-electron chi connectivity index (χ0n) is 17.0. The number of nitrogens with zero attached hydrogens (tertiary/aromatic N) is 3. The first-order chi connectivity index (χ1) is 15.3. The zero-order chi connectivity index (χ0) is 24.6. The Bertz CT molecular complexity index is 1180. The number of rotatable bonds is 6. The summed E-state index contributed by atoms with van der Waals surface area (Å²) < 4.78 is 71.6. The van der Waals surface area contributed by atoms with Crippen molar-refractivity contribution in [1.82, 2.24) is 4.31 Å². The summed E-state index contributed by atoms with van der Waals surface area (Å²) in [6.07, 6.45) is -5.06. The lowest BCUT2D eigenvalue weighted by Gasteiger charge is -2.27. The number of halogens is 3. The summed E-state index contributed by atoms with van der Waals surface area (Å²) in [5.74, 6) is 0. The number of hydrogen-bond donors (Lipinski definition) is 1. The summed E-state index contributed by atoms with van der Waals surface area (Å²) in [6.45, 7) is 2.12. The molecular weight excluding hydrogens is 473 g/mol. The monoisotopic (exact) mass is 490 g/mol. The average molecular weight is 490 g/mol. The van der Waals surface area contributed by atoms with E-state index in [1.807, 2.05) is 0 Å². The van der Waals surface area contributed by atoms with Crippen molar-refractivity contribution in [2.75, 3.05) is 31.6 Å². The third-order valence-electron chi connectivity index (χ3n) is 4.86. The van der Waals surface area contributed by atoms with E-state index in [0.29, 0.717) is 5.56 Å². The molecule has 1 fully saturated rings. The molecular formula is C18H17F3N4O7S. The van der Waals surface area contributed by atoms with Gasteiger partial charge in [0, 0.05) is 30.9 Å². The minimum atomic E-state index is -5.06. The molecule has 0 unspecified atom stereocenters. The maximum absolute atomic E-state index is 13.1. The molecule has 0 saturated carbocycles. The number of morpholine rings is 1. The Kier molecular flexibility index (Phi) is 6.58. The highest BCUT2D eigenvalue weighted by Crippen LogP contribution is 2.42. The van der Waals surface area contributed by atoms with Crippen LogP contribution in [-0.4, -0.2) is 48.9 Å². The first-order valence-corrected chi connectivity index (χ1v) is 10.8. The number of sulfonamides is 1. The van der Waals surface area contributed by atoms with Crippen molar-refractivity contribution in [2.45, 2.75) is 18.0 Å². The summed E-state index contributed by atoms with van der Waals surface area (Å²) >= 11 is 0. The minimum absolute atomic E-state index is 0.0987. The Morgan fingerprint density at radius 2 is 1.58 bits per heavy atom. The molecule has 11 nitrogen and oxygen atoms in total. The quantitative estimate of drug-likeness (QED) is 0.478. The maximum atomic E-state index is 13.1. The van der Waals surface area contributed by atoms with E-state index in [1.165, 1.54) is 23.4 Å². The van der Waals surface area contributed by atoms with Crippen LogP contribution in [0.5, 0.6) is 0 Å². The average Bonchev–Trinajstić information content (AvgIpc) is 2.74. The summed E-state index contributed by atoms with van der Waals surface area (Å²) in [6, 6.07) is 4.14. The SMILES string of the molecule is Cc1ccc(Nc2c([N+](=O)[O-])cc(C(F)(F)F)cc2[N+](=O)[O-])cc1S(=O)(=O)N1CCOCC1. The minimum Gasteiger partial charge on any atom is -0.379 e. The van der Waals surface area contributed by atoms with Gasteiger partial charge < -0.3 is 10.1 Å². The molecule has 2 aromatic carbocycles. The molecule has 33 heavy (non-hydrogen) atoms. The molecule has 1 saturated heterocycles. The van der Waals surface area contributed by atoms with Crippen molar-refractivity contribution >= 4 is 32.8 Å². The summed E-state index contributed by atoms with van der Waals surface area (Å²) in [5.41, 5.74) is -4.51. The predicted molar refractivity (Wildman–Crippen MR) is 109 cm³/mol. The van der Waals surface area contributed by atoms with Crippen molar-refractivity contribution in [2.24, 2.45) is 0 Å². The number of aryl methyl sites for hydroxylation is 1. The van der Waals surface area contributed by atoms with Crippen LogP contribution in [0, 0.1) is 27.2 Å². The largest absolute Gasteiger partial charge is 0.416 e. The van der Waals surface area contributed by atoms with Crippen LogP contribution in [0.1, 0.15) is 11.1 Å². The van der Waals surface area contributed by atoms with E-state index in [1.54, 1.807) is 0 Å². The van der Waals surface area contributed by atoms with Gasteiger partial charge in [0.1, 0.15) is 0 Å². The van der Waals surface area contributed by atoms with Crippen LogP contribution in [0.2, 0.25) is 0 Å². The first-order valence-electron chi connectivity index (χ1n) is 9.32. The van der Waals surface area contributed by atoms with Crippen LogP contribution in [0.4, 0.5) is 35.9 Å². The molecule has 15 heteroatoms. The van der Waals surface area contributed by atoms with E-state index in [0.717, 1.165) is 6.07 Å². The number of hydrogen-bond acceptors (Lipinski definition) is 8. The number of anilines is 2. The van der Waals surface area contributed by atoms with Gasteiger partial charge in [-0.05, 0) is 24.6 Å². The Hall–Kier alpha value is -3.30. The molecule has 2 aromatic rings. The maximum Gasteiger partial charge on any atom is 0.416 e. The van der Waals surface area contributed by atoms with Crippen LogP contribution in [0.15, 0.2) is 35.2 Å². The number of ether oxygens (including phenoxy) is 1. The Balaban J connectivity index is 2.11. The van der Waals surface area contributed by atoms with E-state index < -0.39 is 48.7 Å². The molecule has 0 amide bonds. The standard InChI is InChI=1S/C18H17F3N4O7S/c1-11-2-3-13(10-16(11)33(30,31)23-4-6-32-7-5-23)22-17-14(24(26)27)8-12(18(19,20)21)9-15(17)25(28)29/h2-3,8-10,22H,4-7H2,1H3. The lowest BCUT2D eigenvalue weighted by molar-refractivity contribution is -0.392. The smallest absolute Gasteiger partial charge is 0.379 e. The highest BCUT2D eigenvalue weighted by Gasteiger charge is 2.38. The van der Waals surface area contributed by atoms with Gasteiger partial charge in [-0.15, -0.1) is 0 Å². The number of alkyl halides is 3. The van der Waals surface area contributed by atoms with Gasteiger partial charge in [0.25, 0.3) is 11.4 Å². The summed E-state index contributed by atoms with van der Waals surface area (Å²) in [5, 5.41) is 25.2. The van der Waals surface area contributed by atoms with Crippen LogP contribution in [0.3, 0.4) is 0 Å². The van der Waals surface area contributed by atoms with Gasteiger partial charge in [-0.1, -0.05) is 6.07 Å². The number of nitrogens with one attached hydrogen (secondary N) is 1. The first kappa shape index (κ1) is 24.3. The van der Waals surface area contributed by atoms with Gasteiger partial charge in [-0.2, -0.15) is 17.5 Å². The van der Waals surface area contributed by atoms with Gasteiger partial charge in [0.15, 0.2) is 5.69 Å². The molecule has 0 bridgehead atoms. The molecule has 3 rings (SSSR count). The second-order valence-electron chi connectivity index (χ2n) is 7.02. The normalized spacial score (nSPS) is 15.3. The second-order valence-corrected chi connectivity index (χ2v) is 8.93. The topological polar surface area (TPSA) is 145 Å². The highest BCUT2D eigenvalue weighted by molar-refractivity contribution is 7.89. The summed E-state index contributed by atoms with van der Waals surface area (Å²) in [7, 11) is -3.99. The molecule has 0 radical (unpaired) electrons. The molecule has 0 aromatic heterocycles. The van der Waals surface area contributed by atoms with E-state index in [9.17, 15) is 41.8 Å². The predicted octanol–water partition coefficient (Wildman–Crippen LogP) is 3.59. The molecule has 1 N–H and O–H groups in total. The Morgan fingerprint density at radius 1 is 1.03 bits per heavy atom. The van der Waals surface area contributed by atoms with Gasteiger partial charge in [0.05, 0.1) is 33.5 Å². The highest BCUT2D eigenvalue weighted by atomic mass is 32.2. The molecule has 0 spiro atoms. The fraction of sp³-hybridized carbons (Fsp3) is 0.333. The second kappa shape index (κ2) is 8.92. The fourth-order valence-corrected chi connectivity index (χ4v) is 4.88. The lowest BCUT2D eigenvalue weighted by atomic mass is 10.1. The van der Waals surface area contributed by atoms with Crippen molar-refractivity contribution in [3.05, 3.63) is 61.7 Å². The summed E-state index contributed by atoms with van der Waals surface area (Å²) in [4.78, 5) is 20.3. The van der Waals surface area contributed by atoms with Gasteiger partial charge in [-0.25, -0.2) is 8.42 Å². The number of nitro benzene ring substituents is 2. The van der Waals surface area contributed by atoms with E-state index in [2.05, 4.69) is 5.32 Å². The Morgan fingerprint density at radius 3 is 2.06 bits per heavy atom. The van der Waals surface area contributed by atoms with Crippen molar-refractivity contribution < 1.29 is 36.2 Å². The fourth-order valence-electron chi connectivity index (χ4n) is 3.22. The third kappa shape index (κ3) is 5.04. The van der Waals surface area contributed by atoms with Crippen LogP contribution < -0.4 is 5.32 Å². The number of nitro groups is 2. The van der Waals surface area contributed by atoms with E-state index >= 15 is 0 Å². The Labute approximate surface area is 185 Å². The van der Waals surface area contributed by atoms with Crippen molar-refractivity contribution in [3.63, 3.8) is 0 Å². The van der Waals surface area contributed by atoms with Crippen molar-refractivity contribution in [3.8, 4) is 0 Å².